The molecule has 0 unspecified atom stereocenters. The summed E-state index contributed by atoms with van der Waals surface area (Å²) in [6, 6.07) is 11.9. The summed E-state index contributed by atoms with van der Waals surface area (Å²) in [6.07, 6.45) is 0. The first-order valence-electron chi connectivity index (χ1n) is 6.34. The van der Waals surface area contributed by atoms with E-state index in [1.54, 1.807) is 43.5 Å². The van der Waals surface area contributed by atoms with Crippen LogP contribution in [0.4, 0.5) is 0 Å². The van der Waals surface area contributed by atoms with Crippen LogP contribution in [-0.4, -0.2) is 18.7 Å². The Kier molecular flexibility index (Phi) is 3.99. The fourth-order valence-electron chi connectivity index (χ4n) is 2.11. The van der Waals surface area contributed by atoms with Gasteiger partial charge in [-0.1, -0.05) is 30.3 Å². The van der Waals surface area contributed by atoms with Crippen LogP contribution in [0.25, 0.3) is 0 Å². The Labute approximate surface area is 118 Å². The molecule has 0 N–H and O–H groups in total. The number of hydrogen-bond donors (Lipinski definition) is 0. The molecule has 0 fully saturated rings. The molecular formula is C17H16O3. The van der Waals surface area contributed by atoms with E-state index in [9.17, 15) is 9.59 Å². The maximum atomic E-state index is 12.3. The van der Waals surface area contributed by atoms with Crippen LogP contribution < -0.4 is 4.74 Å². The lowest BCUT2D eigenvalue weighted by Crippen LogP contribution is -2.16. The largest absolute Gasteiger partial charge is 0.496 e. The summed E-state index contributed by atoms with van der Waals surface area (Å²) in [5.41, 5.74) is 2.49. The molecule has 3 nitrogen and oxygen atoms in total. The molecule has 0 aliphatic rings. The monoisotopic (exact) mass is 268 g/mol. The lowest BCUT2D eigenvalue weighted by molar-refractivity contribution is 0.0816. The molecule has 0 bridgehead atoms. The van der Waals surface area contributed by atoms with Crippen molar-refractivity contribution in [2.24, 2.45) is 0 Å². The number of carbonyl (C=O) groups is 2. The predicted octanol–water partition coefficient (Wildman–Crippen LogP) is 3.38. The van der Waals surface area contributed by atoms with Crippen molar-refractivity contribution in [2.45, 2.75) is 13.8 Å². The van der Waals surface area contributed by atoms with Crippen LogP contribution in [0.5, 0.6) is 5.75 Å². The summed E-state index contributed by atoms with van der Waals surface area (Å²) in [7, 11) is 1.58. The Bertz CT molecular complexity index is 657. The average Bonchev–Trinajstić information content (AvgIpc) is 2.49. The maximum absolute atomic E-state index is 12.3. The molecule has 0 aromatic heterocycles. The van der Waals surface area contributed by atoms with Gasteiger partial charge in [-0.3, -0.25) is 9.59 Å². The molecule has 0 amide bonds. The second-order valence-corrected chi connectivity index (χ2v) is 4.59. The van der Waals surface area contributed by atoms with Crippen molar-refractivity contribution in [1.82, 2.24) is 0 Å². The highest BCUT2D eigenvalue weighted by Crippen LogP contribution is 2.24. The van der Waals surface area contributed by atoms with E-state index in [0.717, 1.165) is 11.1 Å². The van der Waals surface area contributed by atoms with Gasteiger partial charge >= 0.3 is 0 Å². The van der Waals surface area contributed by atoms with Crippen molar-refractivity contribution in [3.05, 3.63) is 64.7 Å². The zero-order chi connectivity index (χ0) is 14.7. The normalized spacial score (nSPS) is 10.2. The van der Waals surface area contributed by atoms with Crippen LogP contribution in [-0.2, 0) is 0 Å². The molecule has 0 heterocycles. The number of methoxy groups -OCH3 is 1. The van der Waals surface area contributed by atoms with Gasteiger partial charge in [-0.25, -0.2) is 0 Å². The van der Waals surface area contributed by atoms with Gasteiger partial charge < -0.3 is 4.74 Å². The third kappa shape index (κ3) is 2.48. The number of hydrogen-bond acceptors (Lipinski definition) is 3. The molecule has 0 spiro atoms. The van der Waals surface area contributed by atoms with E-state index < -0.39 is 11.6 Å². The number of ketones is 2. The molecule has 2 aromatic rings. The first-order chi connectivity index (χ1) is 9.56. The fourth-order valence-corrected chi connectivity index (χ4v) is 2.11. The Morgan fingerprint density at radius 1 is 0.850 bits per heavy atom. The zero-order valence-corrected chi connectivity index (χ0v) is 11.8. The van der Waals surface area contributed by atoms with Gasteiger partial charge in [0.15, 0.2) is 0 Å². The summed E-state index contributed by atoms with van der Waals surface area (Å²) < 4.78 is 5.21. The van der Waals surface area contributed by atoms with Gasteiger partial charge in [-0.15, -0.1) is 0 Å². The van der Waals surface area contributed by atoms with E-state index in [2.05, 4.69) is 0 Å². The summed E-state index contributed by atoms with van der Waals surface area (Å²) in [5.74, 6) is -0.260. The minimum Gasteiger partial charge on any atom is -0.496 e. The number of Topliss-reactive ketones (excluding diaryl/α,β-unsaturated/α-hetero) is 2. The number of rotatable bonds is 4. The van der Waals surface area contributed by atoms with Crippen molar-refractivity contribution in [2.75, 3.05) is 7.11 Å². The quantitative estimate of drug-likeness (QED) is 0.630. The smallest absolute Gasteiger partial charge is 0.233 e. The summed E-state index contributed by atoms with van der Waals surface area (Å²) >= 11 is 0. The lowest BCUT2D eigenvalue weighted by atomic mass is 9.95. The highest BCUT2D eigenvalue weighted by atomic mass is 16.5. The van der Waals surface area contributed by atoms with Crippen LogP contribution in [0.1, 0.15) is 31.8 Å². The molecule has 0 saturated carbocycles. The van der Waals surface area contributed by atoms with Crippen molar-refractivity contribution in [3.63, 3.8) is 0 Å². The number of ether oxygens (including phenoxy) is 1. The maximum Gasteiger partial charge on any atom is 0.233 e. The van der Waals surface area contributed by atoms with Crippen LogP contribution in [0.2, 0.25) is 0 Å². The van der Waals surface area contributed by atoms with Crippen molar-refractivity contribution < 1.29 is 14.3 Å². The van der Waals surface area contributed by atoms with Crippen LogP contribution in [0.15, 0.2) is 42.5 Å². The molecule has 20 heavy (non-hydrogen) atoms. The first-order valence-corrected chi connectivity index (χ1v) is 6.34. The van der Waals surface area contributed by atoms with E-state index in [1.165, 1.54) is 0 Å². The van der Waals surface area contributed by atoms with Crippen LogP contribution >= 0.6 is 0 Å². The predicted molar refractivity (Wildman–Crippen MR) is 77.6 cm³/mol. The van der Waals surface area contributed by atoms with E-state index in [0.29, 0.717) is 16.9 Å². The van der Waals surface area contributed by atoms with Crippen LogP contribution in [0, 0.1) is 13.8 Å². The summed E-state index contributed by atoms with van der Waals surface area (Å²) in [5, 5.41) is 0. The van der Waals surface area contributed by atoms with E-state index in [1.807, 2.05) is 19.9 Å². The van der Waals surface area contributed by atoms with E-state index in [-0.39, 0.29) is 0 Å². The van der Waals surface area contributed by atoms with Gasteiger partial charge in [0.2, 0.25) is 11.6 Å². The molecule has 0 aliphatic carbocycles. The van der Waals surface area contributed by atoms with Crippen LogP contribution in [0.3, 0.4) is 0 Å². The van der Waals surface area contributed by atoms with Gasteiger partial charge in [0, 0.05) is 11.1 Å². The Morgan fingerprint density at radius 3 is 2.10 bits per heavy atom. The highest BCUT2D eigenvalue weighted by Gasteiger charge is 2.21. The topological polar surface area (TPSA) is 43.4 Å². The van der Waals surface area contributed by atoms with Crippen molar-refractivity contribution in [1.29, 1.82) is 0 Å². The first kappa shape index (κ1) is 14.0. The zero-order valence-electron chi connectivity index (χ0n) is 11.8. The molecule has 0 aliphatic heterocycles. The Morgan fingerprint density at radius 2 is 1.50 bits per heavy atom. The van der Waals surface area contributed by atoms with Crippen molar-refractivity contribution >= 4 is 11.6 Å². The minimum atomic E-state index is -0.488. The summed E-state index contributed by atoms with van der Waals surface area (Å²) in [4.78, 5) is 24.5. The van der Waals surface area contributed by atoms with E-state index in [4.69, 9.17) is 4.74 Å². The number of benzene rings is 2. The van der Waals surface area contributed by atoms with Gasteiger partial charge in [0.05, 0.1) is 7.11 Å². The molecule has 2 aromatic carbocycles. The van der Waals surface area contributed by atoms with Crippen molar-refractivity contribution in [3.8, 4) is 5.75 Å². The lowest BCUT2D eigenvalue weighted by Gasteiger charge is -2.11. The molecule has 2 rings (SSSR count). The minimum absolute atomic E-state index is 0.408. The molecule has 0 saturated heterocycles. The fraction of sp³-hybridized carbons (Fsp3) is 0.176. The van der Waals surface area contributed by atoms with Gasteiger partial charge in [0.25, 0.3) is 0 Å². The molecule has 0 radical (unpaired) electrons. The SMILES string of the molecule is COc1ccc(C(=O)C(=O)c2ccccc2)c(C)c1C. The third-order valence-electron chi connectivity index (χ3n) is 3.44. The molecule has 102 valence electrons. The Hall–Kier alpha value is -2.42. The van der Waals surface area contributed by atoms with Gasteiger partial charge in [-0.2, -0.15) is 0 Å². The van der Waals surface area contributed by atoms with Gasteiger partial charge in [0.1, 0.15) is 5.75 Å². The molecule has 3 heteroatoms. The second-order valence-electron chi connectivity index (χ2n) is 4.59. The second kappa shape index (κ2) is 5.70. The molecular weight excluding hydrogens is 252 g/mol. The highest BCUT2D eigenvalue weighted by molar-refractivity contribution is 6.49. The van der Waals surface area contributed by atoms with E-state index >= 15 is 0 Å². The third-order valence-corrected chi connectivity index (χ3v) is 3.44. The summed E-state index contributed by atoms with van der Waals surface area (Å²) in [6.45, 7) is 3.70. The molecule has 0 atom stereocenters. The average molecular weight is 268 g/mol. The standard InChI is InChI=1S/C17H16O3/c1-11-12(2)15(20-3)10-9-14(11)17(19)16(18)13-7-5-4-6-8-13/h4-10H,1-3H3. The number of carbonyl (C=O) groups excluding carboxylic acids is 2. The Balaban J connectivity index is 2.40. The van der Waals surface area contributed by atoms with Gasteiger partial charge in [-0.05, 0) is 37.1 Å².